The number of nitrogens with two attached hydrogens (primary N) is 2. The second-order valence-electron chi connectivity index (χ2n) is 4.21. The molecule has 5 heteroatoms. The largest absolute Gasteiger partial charge is 0.397 e. The third-order valence-electron chi connectivity index (χ3n) is 2.75. The van der Waals surface area contributed by atoms with Crippen LogP contribution in [0.5, 0.6) is 0 Å². The van der Waals surface area contributed by atoms with Gasteiger partial charge in [0.2, 0.25) is 5.91 Å². The van der Waals surface area contributed by atoms with Crippen molar-refractivity contribution in [3.63, 3.8) is 0 Å². The standard InChI is InChI=1S/C12H20N4O/c1-8(12(17)15-2)7-16(3)9-4-5-10(13)11(14)6-9/h4-6,8H,7,13-14H2,1-3H3,(H,15,17). The summed E-state index contributed by atoms with van der Waals surface area (Å²) in [4.78, 5) is 13.4. The molecule has 1 atom stereocenters. The molecule has 5 N–H and O–H groups in total. The molecule has 0 aliphatic carbocycles. The minimum atomic E-state index is -0.0798. The van der Waals surface area contributed by atoms with Gasteiger partial charge in [-0.1, -0.05) is 6.92 Å². The Morgan fingerprint density at radius 1 is 1.41 bits per heavy atom. The molecule has 0 aliphatic heterocycles. The number of benzene rings is 1. The van der Waals surface area contributed by atoms with E-state index in [1.54, 1.807) is 13.1 Å². The van der Waals surface area contributed by atoms with Crippen LogP contribution in [0.4, 0.5) is 17.1 Å². The maximum absolute atomic E-state index is 11.4. The number of anilines is 3. The Kier molecular flexibility index (Phi) is 4.20. The van der Waals surface area contributed by atoms with Crippen molar-refractivity contribution in [3.05, 3.63) is 18.2 Å². The van der Waals surface area contributed by atoms with Crippen molar-refractivity contribution >= 4 is 23.0 Å². The minimum Gasteiger partial charge on any atom is -0.397 e. The van der Waals surface area contributed by atoms with Gasteiger partial charge in [0.05, 0.1) is 17.3 Å². The molecular formula is C12H20N4O. The zero-order valence-electron chi connectivity index (χ0n) is 10.5. The molecule has 1 rings (SSSR count). The number of carbonyl (C=O) groups is 1. The van der Waals surface area contributed by atoms with Gasteiger partial charge in [-0.25, -0.2) is 0 Å². The lowest BCUT2D eigenvalue weighted by molar-refractivity contribution is -0.123. The summed E-state index contributed by atoms with van der Waals surface area (Å²) >= 11 is 0. The van der Waals surface area contributed by atoms with Crippen LogP contribution in [0.1, 0.15) is 6.92 Å². The summed E-state index contributed by atoms with van der Waals surface area (Å²) in [6.07, 6.45) is 0. The van der Waals surface area contributed by atoms with Crippen LogP contribution in [0.3, 0.4) is 0 Å². The second-order valence-corrected chi connectivity index (χ2v) is 4.21. The minimum absolute atomic E-state index is 0.0280. The molecule has 94 valence electrons. The lowest BCUT2D eigenvalue weighted by Gasteiger charge is -2.23. The molecule has 0 bridgehead atoms. The number of carbonyl (C=O) groups excluding carboxylic acids is 1. The highest BCUT2D eigenvalue weighted by atomic mass is 16.1. The van der Waals surface area contributed by atoms with Crippen molar-refractivity contribution in [2.24, 2.45) is 5.92 Å². The van der Waals surface area contributed by atoms with Gasteiger partial charge in [-0.05, 0) is 18.2 Å². The Balaban J connectivity index is 2.72. The maximum atomic E-state index is 11.4. The van der Waals surface area contributed by atoms with E-state index in [9.17, 15) is 4.79 Å². The van der Waals surface area contributed by atoms with Crippen molar-refractivity contribution in [3.8, 4) is 0 Å². The van der Waals surface area contributed by atoms with Crippen LogP contribution in [0.25, 0.3) is 0 Å². The van der Waals surface area contributed by atoms with Crippen LogP contribution in [0.15, 0.2) is 18.2 Å². The molecule has 17 heavy (non-hydrogen) atoms. The Morgan fingerprint density at radius 3 is 2.59 bits per heavy atom. The monoisotopic (exact) mass is 236 g/mol. The molecule has 0 spiro atoms. The first-order chi connectivity index (χ1) is 7.95. The Hall–Kier alpha value is -1.91. The van der Waals surface area contributed by atoms with Crippen LogP contribution < -0.4 is 21.7 Å². The van der Waals surface area contributed by atoms with Crippen LogP contribution in [0, 0.1) is 5.92 Å². The average molecular weight is 236 g/mol. The molecule has 1 amide bonds. The molecule has 0 saturated carbocycles. The highest BCUT2D eigenvalue weighted by Gasteiger charge is 2.14. The number of nitrogens with zero attached hydrogens (tertiary/aromatic N) is 1. The molecule has 1 aromatic rings. The predicted molar refractivity (Wildman–Crippen MR) is 71.8 cm³/mol. The lowest BCUT2D eigenvalue weighted by Crippen LogP contribution is -2.34. The summed E-state index contributed by atoms with van der Waals surface area (Å²) in [5, 5.41) is 2.63. The van der Waals surface area contributed by atoms with Crippen molar-refractivity contribution in [2.75, 3.05) is 37.0 Å². The third-order valence-corrected chi connectivity index (χ3v) is 2.75. The van der Waals surface area contributed by atoms with E-state index in [4.69, 9.17) is 11.5 Å². The first-order valence-electron chi connectivity index (χ1n) is 5.53. The highest BCUT2D eigenvalue weighted by Crippen LogP contribution is 2.22. The average Bonchev–Trinajstić information content (AvgIpc) is 2.31. The Morgan fingerprint density at radius 2 is 2.06 bits per heavy atom. The quantitative estimate of drug-likeness (QED) is 0.671. The number of amides is 1. The van der Waals surface area contributed by atoms with Gasteiger partial charge in [0.15, 0.2) is 0 Å². The summed E-state index contributed by atoms with van der Waals surface area (Å²) in [7, 11) is 3.56. The van der Waals surface area contributed by atoms with E-state index in [0.29, 0.717) is 17.9 Å². The molecular weight excluding hydrogens is 216 g/mol. The lowest BCUT2D eigenvalue weighted by atomic mass is 10.1. The molecule has 0 radical (unpaired) electrons. The van der Waals surface area contributed by atoms with E-state index in [1.807, 2.05) is 31.0 Å². The number of hydrogen-bond acceptors (Lipinski definition) is 4. The zero-order valence-corrected chi connectivity index (χ0v) is 10.5. The van der Waals surface area contributed by atoms with E-state index >= 15 is 0 Å². The van der Waals surface area contributed by atoms with Gasteiger partial charge in [-0.3, -0.25) is 4.79 Å². The van der Waals surface area contributed by atoms with Crippen LogP contribution >= 0.6 is 0 Å². The smallest absolute Gasteiger partial charge is 0.224 e. The topological polar surface area (TPSA) is 84.4 Å². The first kappa shape index (κ1) is 13.2. The van der Waals surface area contributed by atoms with Gasteiger partial charge in [0.25, 0.3) is 0 Å². The summed E-state index contributed by atoms with van der Waals surface area (Å²) in [6, 6.07) is 5.47. The van der Waals surface area contributed by atoms with Crippen molar-refractivity contribution in [1.29, 1.82) is 0 Å². The predicted octanol–water partition coefficient (Wildman–Crippen LogP) is 0.669. The van der Waals surface area contributed by atoms with E-state index in [-0.39, 0.29) is 11.8 Å². The van der Waals surface area contributed by atoms with Gasteiger partial charge >= 0.3 is 0 Å². The fourth-order valence-corrected chi connectivity index (χ4v) is 1.65. The molecule has 1 unspecified atom stereocenters. The molecule has 0 saturated heterocycles. The number of nitrogen functional groups attached to an aromatic ring is 2. The Bertz CT molecular complexity index is 405. The van der Waals surface area contributed by atoms with Gasteiger partial charge in [0, 0.05) is 26.3 Å². The van der Waals surface area contributed by atoms with Crippen molar-refractivity contribution in [1.82, 2.24) is 5.32 Å². The fourth-order valence-electron chi connectivity index (χ4n) is 1.65. The SMILES string of the molecule is CNC(=O)C(C)CN(C)c1ccc(N)c(N)c1. The van der Waals surface area contributed by atoms with E-state index in [0.717, 1.165) is 5.69 Å². The van der Waals surface area contributed by atoms with Crippen molar-refractivity contribution in [2.45, 2.75) is 6.92 Å². The van der Waals surface area contributed by atoms with E-state index in [1.165, 1.54) is 0 Å². The van der Waals surface area contributed by atoms with Crippen LogP contribution in [-0.4, -0.2) is 26.5 Å². The first-order valence-corrected chi connectivity index (χ1v) is 5.53. The maximum Gasteiger partial charge on any atom is 0.224 e. The van der Waals surface area contributed by atoms with E-state index < -0.39 is 0 Å². The van der Waals surface area contributed by atoms with Crippen LogP contribution in [-0.2, 0) is 4.79 Å². The molecule has 0 aromatic heterocycles. The van der Waals surface area contributed by atoms with Gasteiger partial charge in [0.1, 0.15) is 0 Å². The summed E-state index contributed by atoms with van der Waals surface area (Å²) in [6.45, 7) is 2.51. The van der Waals surface area contributed by atoms with Gasteiger partial charge in [-0.15, -0.1) is 0 Å². The number of nitrogens with one attached hydrogen (secondary N) is 1. The summed E-state index contributed by atoms with van der Waals surface area (Å²) in [5.74, 6) is -0.0518. The normalized spacial score (nSPS) is 11.9. The van der Waals surface area contributed by atoms with Crippen LogP contribution in [0.2, 0.25) is 0 Å². The van der Waals surface area contributed by atoms with Crippen molar-refractivity contribution < 1.29 is 4.79 Å². The van der Waals surface area contributed by atoms with Gasteiger partial charge < -0.3 is 21.7 Å². The number of rotatable bonds is 4. The molecule has 0 heterocycles. The Labute approximate surface area is 102 Å². The molecule has 1 aromatic carbocycles. The zero-order chi connectivity index (χ0) is 13.0. The number of hydrogen-bond donors (Lipinski definition) is 3. The fraction of sp³-hybridized carbons (Fsp3) is 0.417. The molecule has 0 fully saturated rings. The van der Waals surface area contributed by atoms with E-state index in [2.05, 4.69) is 5.32 Å². The molecule has 0 aliphatic rings. The highest BCUT2D eigenvalue weighted by molar-refractivity contribution is 5.78. The second kappa shape index (κ2) is 5.43. The summed E-state index contributed by atoms with van der Waals surface area (Å²) < 4.78 is 0. The van der Waals surface area contributed by atoms with Gasteiger partial charge in [-0.2, -0.15) is 0 Å². The third kappa shape index (κ3) is 3.27. The molecule has 5 nitrogen and oxygen atoms in total. The summed E-state index contributed by atoms with van der Waals surface area (Å²) in [5.41, 5.74) is 13.5.